The smallest absolute Gasteiger partial charge is 0.269 e. The van der Waals surface area contributed by atoms with Crippen molar-refractivity contribution in [2.75, 3.05) is 25.0 Å². The molecule has 1 aliphatic heterocycles. The molecule has 0 radical (unpaired) electrons. The summed E-state index contributed by atoms with van der Waals surface area (Å²) < 4.78 is 0. The van der Waals surface area contributed by atoms with Gasteiger partial charge >= 0.3 is 0 Å². The first kappa shape index (κ1) is 21.6. The van der Waals surface area contributed by atoms with Crippen LogP contribution in [0.25, 0.3) is 11.0 Å². The van der Waals surface area contributed by atoms with Gasteiger partial charge in [0.25, 0.3) is 11.5 Å². The zero-order chi connectivity index (χ0) is 23.1. The van der Waals surface area contributed by atoms with Crippen molar-refractivity contribution in [3.8, 4) is 0 Å². The Morgan fingerprint density at radius 1 is 1.21 bits per heavy atom. The molecule has 172 valence electrons. The van der Waals surface area contributed by atoms with Crippen LogP contribution < -0.4 is 15.8 Å². The molecule has 33 heavy (non-hydrogen) atoms. The van der Waals surface area contributed by atoms with Crippen LogP contribution in [0.15, 0.2) is 35.3 Å². The maximum Gasteiger partial charge on any atom is 0.269 e. The van der Waals surface area contributed by atoms with Crippen LogP contribution >= 0.6 is 0 Å². The molecule has 1 amide bonds. The molecule has 2 aliphatic rings. The lowest BCUT2D eigenvalue weighted by molar-refractivity contribution is 0.0658. The molecule has 1 aliphatic carbocycles. The van der Waals surface area contributed by atoms with E-state index in [1.165, 1.54) is 6.42 Å². The van der Waals surface area contributed by atoms with Crippen molar-refractivity contribution >= 4 is 22.6 Å². The zero-order valence-electron chi connectivity index (χ0n) is 19.4. The summed E-state index contributed by atoms with van der Waals surface area (Å²) in [6.45, 7) is 6.64. The Hall–Kier alpha value is -3.26. The molecule has 3 aromatic rings. The van der Waals surface area contributed by atoms with E-state index in [0.29, 0.717) is 24.2 Å². The standard InChI is InChI=1S/C25H30N6O2/c1-4-17-12-19-20(29-24(17)32)11-16(13-27-19)14-30-9-10-31(23-8-7-22(23)30)21-6-5-18(25(33)26-3)28-15(21)2/h5-6,11-13,22-23H,4,7-10,14H2,1-3H3,(H,26,33)(H,29,32)/t22-,23-/m1/s1. The van der Waals surface area contributed by atoms with Gasteiger partial charge in [-0.25, -0.2) is 4.98 Å². The predicted octanol–water partition coefficient (Wildman–Crippen LogP) is 2.40. The molecular formula is C25H30N6O2. The highest BCUT2D eigenvalue weighted by molar-refractivity contribution is 5.92. The van der Waals surface area contributed by atoms with Gasteiger partial charge in [0, 0.05) is 50.5 Å². The van der Waals surface area contributed by atoms with Crippen LogP contribution in [0.3, 0.4) is 0 Å². The topological polar surface area (TPSA) is 94.2 Å². The summed E-state index contributed by atoms with van der Waals surface area (Å²) in [6.07, 6.45) is 4.96. The minimum Gasteiger partial charge on any atom is -0.364 e. The highest BCUT2D eigenvalue weighted by Gasteiger charge is 2.43. The summed E-state index contributed by atoms with van der Waals surface area (Å²) in [6, 6.07) is 8.73. The molecule has 3 aromatic heterocycles. The van der Waals surface area contributed by atoms with Crippen LogP contribution in [0.2, 0.25) is 0 Å². The average Bonchev–Trinajstić information content (AvgIpc) is 2.79. The summed E-state index contributed by atoms with van der Waals surface area (Å²) in [4.78, 5) is 41.3. The number of nitrogens with one attached hydrogen (secondary N) is 2. The van der Waals surface area contributed by atoms with Crippen molar-refractivity contribution in [3.05, 3.63) is 63.3 Å². The van der Waals surface area contributed by atoms with Gasteiger partial charge in [-0.15, -0.1) is 0 Å². The number of fused-ring (bicyclic) bond motifs is 2. The maximum absolute atomic E-state index is 12.2. The fourth-order valence-electron chi connectivity index (χ4n) is 5.18. The monoisotopic (exact) mass is 446 g/mol. The Morgan fingerprint density at radius 2 is 2.03 bits per heavy atom. The van der Waals surface area contributed by atoms with Crippen LogP contribution in [-0.2, 0) is 13.0 Å². The molecular weight excluding hydrogens is 416 g/mol. The Kier molecular flexibility index (Phi) is 5.62. The van der Waals surface area contributed by atoms with Gasteiger partial charge in [0.1, 0.15) is 5.69 Å². The Balaban J connectivity index is 1.33. The number of carbonyl (C=O) groups is 1. The maximum atomic E-state index is 12.2. The molecule has 4 heterocycles. The third-order valence-electron chi connectivity index (χ3n) is 7.12. The van der Waals surface area contributed by atoms with E-state index in [1.807, 2.05) is 38.2 Å². The number of hydrogen-bond acceptors (Lipinski definition) is 6. The van der Waals surface area contributed by atoms with Crippen LogP contribution in [0.5, 0.6) is 0 Å². The van der Waals surface area contributed by atoms with E-state index in [4.69, 9.17) is 0 Å². The summed E-state index contributed by atoms with van der Waals surface area (Å²) in [5.41, 5.74) is 5.97. The number of H-pyrrole nitrogens is 1. The molecule has 8 nitrogen and oxygen atoms in total. The van der Waals surface area contributed by atoms with Gasteiger partial charge in [0.05, 0.1) is 22.4 Å². The fourth-order valence-corrected chi connectivity index (χ4v) is 5.18. The molecule has 2 fully saturated rings. The number of aromatic amines is 1. The average molecular weight is 447 g/mol. The highest BCUT2D eigenvalue weighted by atomic mass is 16.1. The van der Waals surface area contributed by atoms with Gasteiger partial charge in [0.15, 0.2) is 0 Å². The normalized spacial score (nSPS) is 20.4. The number of aromatic nitrogens is 3. The molecule has 5 rings (SSSR count). The number of hydrogen-bond donors (Lipinski definition) is 2. The van der Waals surface area contributed by atoms with Crippen molar-refractivity contribution in [2.45, 2.75) is 51.7 Å². The lowest BCUT2D eigenvalue weighted by atomic mass is 9.81. The van der Waals surface area contributed by atoms with Gasteiger partial charge in [-0.2, -0.15) is 0 Å². The van der Waals surface area contributed by atoms with Crippen LogP contribution in [0.1, 0.15) is 47.1 Å². The van der Waals surface area contributed by atoms with E-state index in [2.05, 4.69) is 36.1 Å². The highest BCUT2D eigenvalue weighted by Crippen LogP contribution is 2.38. The number of carbonyl (C=O) groups excluding carboxylic acids is 1. The number of pyridine rings is 3. The Morgan fingerprint density at radius 3 is 2.73 bits per heavy atom. The Bertz CT molecular complexity index is 1270. The summed E-state index contributed by atoms with van der Waals surface area (Å²) in [7, 11) is 1.62. The van der Waals surface area contributed by atoms with E-state index in [9.17, 15) is 9.59 Å². The summed E-state index contributed by atoms with van der Waals surface area (Å²) in [5.74, 6) is -0.160. The van der Waals surface area contributed by atoms with E-state index >= 15 is 0 Å². The van der Waals surface area contributed by atoms with Gasteiger partial charge in [0.2, 0.25) is 0 Å². The van der Waals surface area contributed by atoms with Crippen molar-refractivity contribution in [2.24, 2.45) is 0 Å². The van der Waals surface area contributed by atoms with E-state index < -0.39 is 0 Å². The number of nitrogens with zero attached hydrogens (tertiary/aromatic N) is 4. The van der Waals surface area contributed by atoms with Crippen LogP contribution in [-0.4, -0.2) is 58.0 Å². The number of amides is 1. The summed E-state index contributed by atoms with van der Waals surface area (Å²) in [5, 5.41) is 2.64. The van der Waals surface area contributed by atoms with Crippen molar-refractivity contribution in [3.63, 3.8) is 0 Å². The summed E-state index contributed by atoms with van der Waals surface area (Å²) >= 11 is 0. The lowest BCUT2D eigenvalue weighted by Gasteiger charge is -2.55. The molecule has 2 N–H and O–H groups in total. The number of rotatable bonds is 5. The first-order valence-corrected chi connectivity index (χ1v) is 11.7. The Labute approximate surface area is 193 Å². The molecule has 8 heteroatoms. The second-order valence-electron chi connectivity index (χ2n) is 9.01. The van der Waals surface area contributed by atoms with E-state index in [0.717, 1.165) is 59.6 Å². The SMILES string of the molecule is CCc1cc2ncc(CN3CCN(c4ccc(C(=O)NC)nc4C)[C@@H]4CC[C@H]43)cc2[nH]c1=O. The molecule has 1 saturated heterocycles. The third-order valence-corrected chi connectivity index (χ3v) is 7.12. The second kappa shape index (κ2) is 8.59. The fraction of sp³-hybridized carbons (Fsp3) is 0.440. The minimum absolute atomic E-state index is 0.0250. The van der Waals surface area contributed by atoms with Gasteiger partial charge in [-0.05, 0) is 56.0 Å². The first-order valence-electron chi connectivity index (χ1n) is 11.7. The van der Waals surface area contributed by atoms with Crippen molar-refractivity contribution in [1.29, 1.82) is 0 Å². The number of anilines is 1. The molecule has 0 bridgehead atoms. The molecule has 0 unspecified atom stereocenters. The molecule has 2 atom stereocenters. The predicted molar refractivity (Wildman–Crippen MR) is 129 cm³/mol. The molecule has 1 saturated carbocycles. The lowest BCUT2D eigenvalue weighted by Crippen LogP contribution is -2.64. The van der Waals surface area contributed by atoms with Crippen LogP contribution in [0, 0.1) is 6.92 Å². The quantitative estimate of drug-likeness (QED) is 0.625. The molecule has 0 spiro atoms. The van der Waals surface area contributed by atoms with Gasteiger partial charge in [-0.3, -0.25) is 19.5 Å². The zero-order valence-corrected chi connectivity index (χ0v) is 19.4. The van der Waals surface area contributed by atoms with Crippen LogP contribution in [0.4, 0.5) is 5.69 Å². The number of aryl methyl sites for hydroxylation is 2. The largest absolute Gasteiger partial charge is 0.364 e. The number of piperazine rings is 1. The first-order chi connectivity index (χ1) is 16.0. The van der Waals surface area contributed by atoms with E-state index in [1.54, 1.807) is 7.05 Å². The van der Waals surface area contributed by atoms with Crippen molar-refractivity contribution in [1.82, 2.24) is 25.2 Å². The van der Waals surface area contributed by atoms with Gasteiger partial charge < -0.3 is 15.2 Å². The van der Waals surface area contributed by atoms with E-state index in [-0.39, 0.29) is 11.5 Å². The minimum atomic E-state index is -0.160. The van der Waals surface area contributed by atoms with Crippen molar-refractivity contribution < 1.29 is 4.79 Å². The van der Waals surface area contributed by atoms with Gasteiger partial charge in [-0.1, -0.05) is 6.92 Å². The molecule has 0 aromatic carbocycles. The third kappa shape index (κ3) is 3.88. The second-order valence-corrected chi connectivity index (χ2v) is 9.01.